The van der Waals surface area contributed by atoms with E-state index in [1.54, 1.807) is 43.5 Å². The predicted molar refractivity (Wildman–Crippen MR) is 121 cm³/mol. The van der Waals surface area contributed by atoms with E-state index in [-0.39, 0.29) is 0 Å². The van der Waals surface area contributed by atoms with E-state index in [0.717, 1.165) is 11.1 Å². The Balaban J connectivity index is 1.66. The number of ether oxygens (including phenoxy) is 1. The van der Waals surface area contributed by atoms with Gasteiger partial charge in [0.25, 0.3) is 5.92 Å². The predicted octanol–water partition coefficient (Wildman–Crippen LogP) is 4.36. The first kappa shape index (κ1) is 23.6. The van der Waals surface area contributed by atoms with E-state index < -0.39 is 53.6 Å². The van der Waals surface area contributed by atoms with Crippen LogP contribution in [0.25, 0.3) is 17.2 Å². The van der Waals surface area contributed by atoms with E-state index in [0.29, 0.717) is 11.3 Å². The standard InChI is InChI=1S/C26H25F2N3O3/c1-15-21(23-16(2)34-24(33)25(23,31-17(3)32)14-26(15,27)28)11-10-20-9-8-19(13-30-20)22-7-5-4-6-18(22)12-29/h4-11,13,15-16,21,23H,14H2,1-3H3,(H,31,32)/t15-,16+,21-,23-,25-/m0/s1. The zero-order valence-corrected chi connectivity index (χ0v) is 19.1. The summed E-state index contributed by atoms with van der Waals surface area (Å²) >= 11 is 0. The molecule has 5 atom stereocenters. The van der Waals surface area contributed by atoms with Crippen LogP contribution in [0, 0.1) is 29.1 Å². The number of pyridine rings is 1. The zero-order valence-electron chi connectivity index (χ0n) is 19.1. The van der Waals surface area contributed by atoms with Crippen molar-refractivity contribution in [3.63, 3.8) is 0 Å². The molecule has 8 heteroatoms. The molecular weight excluding hydrogens is 440 g/mol. The SMILES string of the molecule is CC(=O)N[C@@]12CC(F)(F)[C@@H](C)[C@H](C=Cc3ccc(-c4ccccc4C#N)cn3)[C@@H]1[C@@H](C)OC2=O. The molecule has 4 rings (SSSR count). The van der Waals surface area contributed by atoms with Gasteiger partial charge in [-0.2, -0.15) is 5.26 Å². The number of benzene rings is 1. The van der Waals surface area contributed by atoms with Crippen molar-refractivity contribution in [2.75, 3.05) is 0 Å². The number of carbonyl (C=O) groups excluding carboxylic acids is 2. The van der Waals surface area contributed by atoms with Crippen LogP contribution < -0.4 is 5.32 Å². The average Bonchev–Trinajstić information content (AvgIpc) is 3.02. The number of fused-ring (bicyclic) bond motifs is 1. The van der Waals surface area contributed by atoms with Gasteiger partial charge in [0.1, 0.15) is 6.10 Å². The molecule has 0 bridgehead atoms. The number of hydrogen-bond acceptors (Lipinski definition) is 5. The van der Waals surface area contributed by atoms with Gasteiger partial charge in [0, 0.05) is 42.5 Å². The summed E-state index contributed by atoms with van der Waals surface area (Å²) in [6.07, 6.45) is 3.50. The molecule has 176 valence electrons. The largest absolute Gasteiger partial charge is 0.460 e. The lowest BCUT2D eigenvalue weighted by Gasteiger charge is -2.47. The summed E-state index contributed by atoms with van der Waals surface area (Å²) in [5, 5.41) is 11.8. The van der Waals surface area contributed by atoms with Crippen LogP contribution in [0.15, 0.2) is 48.7 Å². The molecule has 1 amide bonds. The molecule has 1 saturated heterocycles. The summed E-state index contributed by atoms with van der Waals surface area (Å²) in [5.41, 5.74) is 0.820. The van der Waals surface area contributed by atoms with E-state index in [9.17, 15) is 14.9 Å². The fourth-order valence-corrected chi connectivity index (χ4v) is 5.33. The summed E-state index contributed by atoms with van der Waals surface area (Å²) in [5.74, 6) is -7.01. The molecule has 1 N–H and O–H groups in total. The summed E-state index contributed by atoms with van der Waals surface area (Å²) < 4.78 is 35.5. The molecule has 2 fully saturated rings. The zero-order chi connectivity index (χ0) is 24.7. The van der Waals surface area contributed by atoms with Crippen molar-refractivity contribution in [2.24, 2.45) is 17.8 Å². The monoisotopic (exact) mass is 465 g/mol. The van der Waals surface area contributed by atoms with E-state index in [1.165, 1.54) is 13.8 Å². The topological polar surface area (TPSA) is 92.1 Å². The number of halogens is 2. The highest BCUT2D eigenvalue weighted by Gasteiger charge is 2.68. The van der Waals surface area contributed by atoms with Gasteiger partial charge in [-0.1, -0.05) is 37.3 Å². The molecule has 0 unspecified atom stereocenters. The summed E-state index contributed by atoms with van der Waals surface area (Å²) in [7, 11) is 0. The Labute approximate surface area is 196 Å². The lowest BCUT2D eigenvalue weighted by Crippen LogP contribution is -2.65. The number of esters is 1. The number of nitriles is 1. The molecule has 2 heterocycles. The molecular formula is C26H25F2N3O3. The van der Waals surface area contributed by atoms with Gasteiger partial charge in [-0.15, -0.1) is 0 Å². The summed E-state index contributed by atoms with van der Waals surface area (Å²) in [6, 6.07) is 12.9. The Morgan fingerprint density at radius 1 is 1.26 bits per heavy atom. The minimum absolute atomic E-state index is 0.528. The molecule has 34 heavy (non-hydrogen) atoms. The number of allylic oxidation sites excluding steroid dienone is 1. The highest BCUT2D eigenvalue weighted by Crippen LogP contribution is 2.55. The maximum atomic E-state index is 15.1. The van der Waals surface area contributed by atoms with Crippen molar-refractivity contribution < 1.29 is 23.1 Å². The number of alkyl halides is 2. The van der Waals surface area contributed by atoms with Crippen molar-refractivity contribution in [3.8, 4) is 17.2 Å². The van der Waals surface area contributed by atoms with Crippen LogP contribution in [0.5, 0.6) is 0 Å². The third-order valence-electron chi connectivity index (χ3n) is 6.94. The first-order valence-electron chi connectivity index (χ1n) is 11.1. The van der Waals surface area contributed by atoms with Crippen LogP contribution in [-0.4, -0.2) is 34.4 Å². The van der Waals surface area contributed by atoms with Gasteiger partial charge >= 0.3 is 5.97 Å². The third kappa shape index (κ3) is 3.96. The Kier molecular flexibility index (Phi) is 5.98. The van der Waals surface area contributed by atoms with Gasteiger partial charge in [0.15, 0.2) is 5.54 Å². The maximum Gasteiger partial charge on any atom is 0.332 e. The second kappa shape index (κ2) is 8.64. The molecule has 1 saturated carbocycles. The number of nitrogens with one attached hydrogen (secondary N) is 1. The van der Waals surface area contributed by atoms with Crippen molar-refractivity contribution in [2.45, 2.75) is 44.8 Å². The highest BCUT2D eigenvalue weighted by atomic mass is 19.3. The van der Waals surface area contributed by atoms with Crippen LogP contribution in [0.1, 0.15) is 38.4 Å². The Bertz CT molecular complexity index is 1190. The van der Waals surface area contributed by atoms with Gasteiger partial charge in [0.2, 0.25) is 5.91 Å². The van der Waals surface area contributed by atoms with E-state index in [1.807, 2.05) is 18.2 Å². The van der Waals surface area contributed by atoms with Crippen LogP contribution in [0.4, 0.5) is 8.78 Å². The van der Waals surface area contributed by atoms with E-state index in [2.05, 4.69) is 16.4 Å². The van der Waals surface area contributed by atoms with Crippen molar-refractivity contribution in [3.05, 3.63) is 59.9 Å². The number of cyclic esters (lactones) is 1. The number of rotatable bonds is 4. The summed E-state index contributed by atoms with van der Waals surface area (Å²) in [6.45, 7) is 4.33. The Morgan fingerprint density at radius 3 is 2.65 bits per heavy atom. The molecule has 0 spiro atoms. The molecule has 0 radical (unpaired) electrons. The summed E-state index contributed by atoms with van der Waals surface area (Å²) in [4.78, 5) is 29.0. The first-order valence-corrected chi connectivity index (χ1v) is 11.1. The minimum Gasteiger partial charge on any atom is -0.460 e. The van der Waals surface area contributed by atoms with Crippen LogP contribution >= 0.6 is 0 Å². The molecule has 1 aromatic heterocycles. The number of hydrogen-bond donors (Lipinski definition) is 1. The van der Waals surface area contributed by atoms with Gasteiger partial charge in [-0.05, 0) is 31.1 Å². The van der Waals surface area contributed by atoms with Crippen LogP contribution in [-0.2, 0) is 14.3 Å². The lowest BCUT2D eigenvalue weighted by molar-refractivity contribution is -0.162. The van der Waals surface area contributed by atoms with Gasteiger partial charge in [-0.3, -0.25) is 9.78 Å². The average molecular weight is 466 g/mol. The Morgan fingerprint density at radius 2 is 2.00 bits per heavy atom. The lowest BCUT2D eigenvalue weighted by atomic mass is 9.60. The molecule has 1 aliphatic heterocycles. The Hall–Kier alpha value is -3.60. The molecule has 2 aromatic rings. The normalized spacial score (nSPS) is 29.8. The molecule has 2 aliphatic rings. The van der Waals surface area contributed by atoms with Crippen molar-refractivity contribution >= 4 is 18.0 Å². The number of amides is 1. The number of aromatic nitrogens is 1. The molecule has 6 nitrogen and oxygen atoms in total. The second-order valence-electron chi connectivity index (χ2n) is 9.08. The number of nitrogens with zero attached hydrogens (tertiary/aromatic N) is 2. The fraction of sp³-hybridized carbons (Fsp3) is 0.385. The molecule has 1 aliphatic carbocycles. The van der Waals surface area contributed by atoms with Crippen molar-refractivity contribution in [1.82, 2.24) is 10.3 Å². The van der Waals surface area contributed by atoms with Crippen LogP contribution in [0.3, 0.4) is 0 Å². The quantitative estimate of drug-likeness (QED) is 0.678. The molecule has 1 aromatic carbocycles. The maximum absolute atomic E-state index is 15.1. The van der Waals surface area contributed by atoms with E-state index >= 15 is 8.78 Å². The van der Waals surface area contributed by atoms with Crippen LogP contribution in [0.2, 0.25) is 0 Å². The fourth-order valence-electron chi connectivity index (χ4n) is 5.33. The second-order valence-corrected chi connectivity index (χ2v) is 9.08. The van der Waals surface area contributed by atoms with Gasteiger partial charge in [-0.25, -0.2) is 13.6 Å². The van der Waals surface area contributed by atoms with Crippen molar-refractivity contribution in [1.29, 1.82) is 5.26 Å². The highest BCUT2D eigenvalue weighted by molar-refractivity contribution is 5.90. The smallest absolute Gasteiger partial charge is 0.332 e. The van der Waals surface area contributed by atoms with E-state index in [4.69, 9.17) is 4.74 Å². The van der Waals surface area contributed by atoms with Gasteiger partial charge in [0.05, 0.1) is 17.3 Å². The van der Waals surface area contributed by atoms with Gasteiger partial charge < -0.3 is 10.1 Å². The minimum atomic E-state index is -3.19. The first-order chi connectivity index (χ1) is 16.1. The third-order valence-corrected chi connectivity index (χ3v) is 6.94. The number of carbonyl (C=O) groups is 2.